The standard InChI is InChI=1S/C10H18O/c1-9(2)5-3-6-10(9)7-4-8-11-10/h3-8H2,1-2H3. The van der Waals surface area contributed by atoms with Crippen LogP contribution in [0.5, 0.6) is 0 Å². The fourth-order valence-corrected chi connectivity index (χ4v) is 2.81. The second-order valence-electron chi connectivity index (χ2n) is 4.68. The molecule has 0 aromatic carbocycles. The predicted octanol–water partition coefficient (Wildman–Crippen LogP) is 2.75. The Labute approximate surface area is 69.1 Å². The zero-order valence-corrected chi connectivity index (χ0v) is 7.65. The summed E-state index contributed by atoms with van der Waals surface area (Å²) < 4.78 is 5.92. The van der Waals surface area contributed by atoms with Crippen molar-refractivity contribution >= 4 is 0 Å². The first-order chi connectivity index (χ1) is 5.16. The molecule has 0 bridgehead atoms. The Morgan fingerprint density at radius 1 is 1.00 bits per heavy atom. The van der Waals surface area contributed by atoms with E-state index in [0.717, 1.165) is 6.61 Å². The first-order valence-electron chi connectivity index (χ1n) is 4.80. The fourth-order valence-electron chi connectivity index (χ4n) is 2.81. The molecule has 2 fully saturated rings. The number of hydrogen-bond acceptors (Lipinski definition) is 1. The Balaban J connectivity index is 2.22. The number of rotatable bonds is 0. The van der Waals surface area contributed by atoms with Crippen molar-refractivity contribution < 1.29 is 4.74 Å². The predicted molar refractivity (Wildman–Crippen MR) is 45.5 cm³/mol. The summed E-state index contributed by atoms with van der Waals surface area (Å²) in [4.78, 5) is 0. The van der Waals surface area contributed by atoms with Crippen LogP contribution in [-0.4, -0.2) is 12.2 Å². The summed E-state index contributed by atoms with van der Waals surface area (Å²) in [6.07, 6.45) is 6.61. The second-order valence-corrected chi connectivity index (χ2v) is 4.68. The molecule has 1 spiro atoms. The molecule has 1 atom stereocenters. The highest BCUT2D eigenvalue weighted by atomic mass is 16.5. The molecule has 0 radical (unpaired) electrons. The maximum absolute atomic E-state index is 5.92. The molecule has 11 heavy (non-hydrogen) atoms. The van der Waals surface area contributed by atoms with E-state index in [2.05, 4.69) is 13.8 Å². The number of hydrogen-bond donors (Lipinski definition) is 0. The van der Waals surface area contributed by atoms with E-state index >= 15 is 0 Å². The van der Waals surface area contributed by atoms with Crippen LogP contribution in [0.2, 0.25) is 0 Å². The van der Waals surface area contributed by atoms with E-state index in [4.69, 9.17) is 4.74 Å². The highest BCUT2D eigenvalue weighted by Gasteiger charge is 2.51. The lowest BCUT2D eigenvalue weighted by Gasteiger charge is -2.37. The first kappa shape index (κ1) is 7.60. The van der Waals surface area contributed by atoms with Gasteiger partial charge in [-0.2, -0.15) is 0 Å². The lowest BCUT2D eigenvalue weighted by molar-refractivity contribution is -0.0639. The van der Waals surface area contributed by atoms with Crippen LogP contribution < -0.4 is 0 Å². The van der Waals surface area contributed by atoms with E-state index in [1.807, 2.05) is 0 Å². The van der Waals surface area contributed by atoms with E-state index < -0.39 is 0 Å². The third-order valence-electron chi connectivity index (χ3n) is 3.72. The van der Waals surface area contributed by atoms with Gasteiger partial charge in [0.15, 0.2) is 0 Å². The Hall–Kier alpha value is -0.0400. The van der Waals surface area contributed by atoms with E-state index in [9.17, 15) is 0 Å². The van der Waals surface area contributed by atoms with Gasteiger partial charge in [-0.1, -0.05) is 13.8 Å². The summed E-state index contributed by atoms with van der Waals surface area (Å²) in [5, 5.41) is 0. The lowest BCUT2D eigenvalue weighted by atomic mass is 9.76. The summed E-state index contributed by atoms with van der Waals surface area (Å²) in [6, 6.07) is 0. The number of ether oxygens (including phenoxy) is 1. The topological polar surface area (TPSA) is 9.23 Å². The van der Waals surface area contributed by atoms with Crippen LogP contribution in [-0.2, 0) is 4.74 Å². The quantitative estimate of drug-likeness (QED) is 0.521. The molecular weight excluding hydrogens is 136 g/mol. The summed E-state index contributed by atoms with van der Waals surface area (Å²) in [7, 11) is 0. The Morgan fingerprint density at radius 3 is 2.18 bits per heavy atom. The maximum atomic E-state index is 5.92. The van der Waals surface area contributed by atoms with Gasteiger partial charge >= 0.3 is 0 Å². The van der Waals surface area contributed by atoms with Gasteiger partial charge in [-0.15, -0.1) is 0 Å². The average molecular weight is 154 g/mol. The highest BCUT2D eigenvalue weighted by Crippen LogP contribution is 2.53. The third-order valence-corrected chi connectivity index (χ3v) is 3.72. The molecule has 1 aliphatic heterocycles. The van der Waals surface area contributed by atoms with Crippen molar-refractivity contribution in [1.29, 1.82) is 0 Å². The smallest absolute Gasteiger partial charge is 0.0734 e. The molecule has 2 rings (SSSR count). The van der Waals surface area contributed by atoms with E-state index in [0.29, 0.717) is 5.41 Å². The molecule has 1 unspecified atom stereocenters. The van der Waals surface area contributed by atoms with Crippen molar-refractivity contribution in [2.45, 2.75) is 51.6 Å². The minimum absolute atomic E-state index is 0.285. The van der Waals surface area contributed by atoms with Crippen LogP contribution >= 0.6 is 0 Å². The SMILES string of the molecule is CC1(C)CCCC12CCCO2. The summed E-state index contributed by atoms with van der Waals surface area (Å²) >= 11 is 0. The van der Waals surface area contributed by atoms with Gasteiger partial charge in [-0.05, 0) is 37.5 Å². The average Bonchev–Trinajstić information content (AvgIpc) is 2.45. The Kier molecular flexibility index (Phi) is 1.54. The first-order valence-corrected chi connectivity index (χ1v) is 4.80. The molecule has 64 valence electrons. The summed E-state index contributed by atoms with van der Waals surface area (Å²) in [5.74, 6) is 0. The normalized spacial score (nSPS) is 42.0. The molecule has 1 saturated heterocycles. The minimum atomic E-state index is 0.285. The molecule has 0 amide bonds. The van der Waals surface area contributed by atoms with Gasteiger partial charge < -0.3 is 4.74 Å². The zero-order chi connectivity index (χ0) is 7.95. The van der Waals surface area contributed by atoms with Gasteiger partial charge in [-0.3, -0.25) is 0 Å². The molecule has 0 aromatic rings. The molecular formula is C10H18O. The maximum Gasteiger partial charge on any atom is 0.0734 e. The monoisotopic (exact) mass is 154 g/mol. The summed E-state index contributed by atoms with van der Waals surface area (Å²) in [6.45, 7) is 5.74. The summed E-state index contributed by atoms with van der Waals surface area (Å²) in [5.41, 5.74) is 0.733. The molecule has 1 heteroatoms. The van der Waals surface area contributed by atoms with Gasteiger partial charge in [0.05, 0.1) is 5.60 Å². The second kappa shape index (κ2) is 2.22. The molecule has 1 heterocycles. The van der Waals surface area contributed by atoms with Gasteiger partial charge in [-0.25, -0.2) is 0 Å². The molecule has 0 N–H and O–H groups in total. The molecule has 1 nitrogen and oxygen atoms in total. The van der Waals surface area contributed by atoms with Crippen molar-refractivity contribution in [3.63, 3.8) is 0 Å². The Bertz CT molecular complexity index is 149. The van der Waals surface area contributed by atoms with Crippen molar-refractivity contribution in [1.82, 2.24) is 0 Å². The van der Waals surface area contributed by atoms with E-state index in [-0.39, 0.29) is 5.60 Å². The largest absolute Gasteiger partial charge is 0.374 e. The minimum Gasteiger partial charge on any atom is -0.374 e. The van der Waals surface area contributed by atoms with Crippen LogP contribution in [0.15, 0.2) is 0 Å². The van der Waals surface area contributed by atoms with Crippen LogP contribution in [0.3, 0.4) is 0 Å². The van der Waals surface area contributed by atoms with E-state index in [1.54, 1.807) is 0 Å². The van der Waals surface area contributed by atoms with Gasteiger partial charge in [0.1, 0.15) is 0 Å². The van der Waals surface area contributed by atoms with Gasteiger partial charge in [0.25, 0.3) is 0 Å². The van der Waals surface area contributed by atoms with Crippen LogP contribution in [0.25, 0.3) is 0 Å². The van der Waals surface area contributed by atoms with E-state index in [1.165, 1.54) is 32.1 Å². The van der Waals surface area contributed by atoms with Crippen molar-refractivity contribution in [2.24, 2.45) is 5.41 Å². The lowest BCUT2D eigenvalue weighted by Crippen LogP contribution is -2.38. The van der Waals surface area contributed by atoms with Crippen LogP contribution in [0.4, 0.5) is 0 Å². The van der Waals surface area contributed by atoms with Crippen LogP contribution in [0.1, 0.15) is 46.0 Å². The fraction of sp³-hybridized carbons (Fsp3) is 1.00. The Morgan fingerprint density at radius 2 is 1.73 bits per heavy atom. The van der Waals surface area contributed by atoms with Gasteiger partial charge in [0, 0.05) is 6.61 Å². The molecule has 2 aliphatic rings. The van der Waals surface area contributed by atoms with Gasteiger partial charge in [0.2, 0.25) is 0 Å². The zero-order valence-electron chi connectivity index (χ0n) is 7.65. The molecule has 1 saturated carbocycles. The third kappa shape index (κ3) is 0.936. The molecule has 1 aliphatic carbocycles. The highest BCUT2D eigenvalue weighted by molar-refractivity contribution is 5.02. The molecule has 0 aromatic heterocycles. The van der Waals surface area contributed by atoms with Crippen molar-refractivity contribution in [3.05, 3.63) is 0 Å². The van der Waals surface area contributed by atoms with Crippen molar-refractivity contribution in [3.8, 4) is 0 Å². The van der Waals surface area contributed by atoms with Crippen LogP contribution in [0, 0.1) is 5.41 Å². The van der Waals surface area contributed by atoms with Crippen molar-refractivity contribution in [2.75, 3.05) is 6.61 Å².